The van der Waals surface area contributed by atoms with Crippen molar-refractivity contribution in [1.29, 1.82) is 0 Å². The van der Waals surface area contributed by atoms with Crippen LogP contribution < -0.4 is 21.5 Å². The number of hydrogen-bond acceptors (Lipinski definition) is 8. The smallest absolute Gasteiger partial charge is 0.290 e. The summed E-state index contributed by atoms with van der Waals surface area (Å²) in [6.45, 7) is 14.4. The van der Waals surface area contributed by atoms with Gasteiger partial charge in [-0.2, -0.15) is 0 Å². The molecule has 1 atom stereocenters. The first kappa shape index (κ1) is 60.6. The molecule has 1 rings (SSSR count). The van der Waals surface area contributed by atoms with Crippen molar-refractivity contribution in [3.63, 3.8) is 0 Å². The van der Waals surface area contributed by atoms with Crippen LogP contribution in [0.5, 0.6) is 0 Å². The van der Waals surface area contributed by atoms with Gasteiger partial charge in [-0.25, -0.2) is 0 Å². The number of carboxylic acid groups (broad SMARTS) is 2. The van der Waals surface area contributed by atoms with Gasteiger partial charge in [0, 0.05) is 33.4 Å². The normalized spacial score (nSPS) is 11.6. The van der Waals surface area contributed by atoms with E-state index in [2.05, 4.69) is 43.2 Å². The van der Waals surface area contributed by atoms with E-state index in [0.29, 0.717) is 17.9 Å². The molecule has 0 heterocycles. The van der Waals surface area contributed by atoms with Crippen molar-refractivity contribution in [2.75, 3.05) is 57.1 Å². The molecular weight excluding hydrogens is 767 g/mol. The predicted octanol–water partition coefficient (Wildman–Crippen LogP) is 13.3. The molecule has 10 heteroatoms. The molecule has 0 bridgehead atoms. The van der Waals surface area contributed by atoms with E-state index < -0.39 is 5.43 Å². The molecule has 0 aromatic heterocycles. The maximum Gasteiger partial charge on any atom is 0.290 e. The summed E-state index contributed by atoms with van der Waals surface area (Å²) in [5.41, 5.74) is 0.108. The Kier molecular flexibility index (Phi) is 48.3. The van der Waals surface area contributed by atoms with Crippen molar-refractivity contribution in [1.82, 2.24) is 4.90 Å². The number of nitrogens with one attached hydrogen (secondary N) is 2. The van der Waals surface area contributed by atoms with Gasteiger partial charge in [-0.3, -0.25) is 19.2 Å². The lowest BCUT2D eigenvalue weighted by Gasteiger charge is -2.23. The van der Waals surface area contributed by atoms with Gasteiger partial charge in [-0.05, 0) is 57.0 Å². The van der Waals surface area contributed by atoms with Crippen LogP contribution in [0.3, 0.4) is 0 Å². The zero-order chi connectivity index (χ0) is 45.4. The molecule has 1 aromatic carbocycles. The Morgan fingerprint density at radius 1 is 0.492 bits per heavy atom. The van der Waals surface area contributed by atoms with Crippen LogP contribution in [0.1, 0.15) is 233 Å². The molecule has 1 aromatic rings. The van der Waals surface area contributed by atoms with Gasteiger partial charge in [0.25, 0.3) is 23.8 Å². The van der Waals surface area contributed by atoms with Crippen LogP contribution in [0.25, 0.3) is 0 Å². The number of ether oxygens (including phenoxy) is 1. The lowest BCUT2D eigenvalue weighted by Crippen LogP contribution is -2.37. The first-order valence-electron chi connectivity index (χ1n) is 25.6. The van der Waals surface area contributed by atoms with Crippen LogP contribution >= 0.6 is 0 Å². The number of nitrogens with zero attached hydrogens (tertiary/aromatic N) is 1. The van der Waals surface area contributed by atoms with Crippen molar-refractivity contribution in [3.8, 4) is 0 Å². The third-order valence-corrected chi connectivity index (χ3v) is 12.3. The van der Waals surface area contributed by atoms with Gasteiger partial charge in [-0.1, -0.05) is 201 Å². The summed E-state index contributed by atoms with van der Waals surface area (Å²) in [6.07, 6.45) is 43.7. The van der Waals surface area contributed by atoms with Gasteiger partial charge in [0.2, 0.25) is 0 Å². The van der Waals surface area contributed by atoms with E-state index in [0.717, 1.165) is 57.5 Å². The number of anilines is 2. The molecule has 1 unspecified atom stereocenters. The highest BCUT2D eigenvalue weighted by Gasteiger charge is 2.19. The molecule has 0 aliphatic heterocycles. The minimum absolute atomic E-state index is 0.250. The molecule has 0 amide bonds. The Balaban J connectivity index is 0. The van der Waals surface area contributed by atoms with E-state index >= 15 is 0 Å². The van der Waals surface area contributed by atoms with Gasteiger partial charge in [0.15, 0.2) is 0 Å². The summed E-state index contributed by atoms with van der Waals surface area (Å²) in [4.78, 5) is 43.1. The van der Waals surface area contributed by atoms with Crippen molar-refractivity contribution in [2.45, 2.75) is 233 Å². The maximum absolute atomic E-state index is 12.0. The summed E-state index contributed by atoms with van der Waals surface area (Å²) in [5, 5.41) is 19.9. The molecule has 61 heavy (non-hydrogen) atoms. The molecular formula is C51H99N3O7. The van der Waals surface area contributed by atoms with E-state index in [9.17, 15) is 9.59 Å². The predicted molar refractivity (Wildman–Crippen MR) is 261 cm³/mol. The molecule has 360 valence electrons. The van der Waals surface area contributed by atoms with Gasteiger partial charge >= 0.3 is 0 Å². The first-order valence-corrected chi connectivity index (χ1v) is 25.6. The summed E-state index contributed by atoms with van der Waals surface area (Å²) < 4.78 is 6.13. The van der Waals surface area contributed by atoms with Crippen LogP contribution in [0.2, 0.25) is 0 Å². The summed E-state index contributed by atoms with van der Waals surface area (Å²) in [6, 6.07) is 0. The van der Waals surface area contributed by atoms with Crippen molar-refractivity contribution >= 4 is 24.3 Å². The highest BCUT2D eigenvalue weighted by Crippen LogP contribution is 2.25. The number of hydrogen-bond donors (Lipinski definition) is 4. The quantitative estimate of drug-likeness (QED) is 0.0284. The highest BCUT2D eigenvalue weighted by atomic mass is 16.5. The first-order chi connectivity index (χ1) is 29.8. The van der Waals surface area contributed by atoms with Gasteiger partial charge in [0.1, 0.15) is 11.4 Å². The molecule has 0 radical (unpaired) electrons. The monoisotopic (exact) mass is 866 g/mol. The third-order valence-electron chi connectivity index (χ3n) is 12.3. The van der Waals surface area contributed by atoms with Crippen molar-refractivity contribution in [2.24, 2.45) is 11.8 Å². The van der Waals surface area contributed by atoms with Gasteiger partial charge in [-0.15, -0.1) is 0 Å². The van der Waals surface area contributed by atoms with Gasteiger partial charge < -0.3 is 30.5 Å². The molecule has 0 saturated heterocycles. The fourth-order valence-electron chi connectivity index (χ4n) is 8.54. The van der Waals surface area contributed by atoms with Crippen LogP contribution in [-0.2, 0) is 14.3 Å². The van der Waals surface area contributed by atoms with E-state index in [1.165, 1.54) is 193 Å². The molecule has 10 nitrogen and oxygen atoms in total. The number of rotatable bonds is 44. The van der Waals surface area contributed by atoms with Gasteiger partial charge in [0.05, 0.1) is 0 Å². The van der Waals surface area contributed by atoms with Crippen molar-refractivity contribution < 1.29 is 24.5 Å². The SMILES string of the molecule is CCCCCCCCC(CC)CCCOCCCN(CCCCCCCC(CCCCCCCC)CCCCCCCC)CCCNc1c(NC)c(=O)c1=O.O=CO.O=CO. The Morgan fingerprint density at radius 2 is 0.852 bits per heavy atom. The second-order valence-corrected chi connectivity index (χ2v) is 17.5. The zero-order valence-corrected chi connectivity index (χ0v) is 40.6. The maximum atomic E-state index is 12.0. The Morgan fingerprint density at radius 3 is 1.31 bits per heavy atom. The second kappa shape index (κ2) is 48.6. The highest BCUT2D eigenvalue weighted by molar-refractivity contribution is 5.73. The topological polar surface area (TPSA) is 145 Å². The average molecular weight is 866 g/mol. The summed E-state index contributed by atoms with van der Waals surface area (Å²) >= 11 is 0. The van der Waals surface area contributed by atoms with Crippen molar-refractivity contribution in [3.05, 3.63) is 20.4 Å². The zero-order valence-electron chi connectivity index (χ0n) is 40.6. The average Bonchev–Trinajstić information content (AvgIpc) is 3.26. The Labute approximate surface area is 375 Å². The van der Waals surface area contributed by atoms with Crippen LogP contribution in [0, 0.1) is 11.8 Å². The minimum Gasteiger partial charge on any atom is -0.483 e. The van der Waals surface area contributed by atoms with E-state index in [1.807, 2.05) is 0 Å². The summed E-state index contributed by atoms with van der Waals surface area (Å²) in [7, 11) is 1.70. The third kappa shape index (κ3) is 37.8. The second-order valence-electron chi connectivity index (χ2n) is 17.5. The molecule has 0 aliphatic rings. The molecule has 0 aliphatic carbocycles. The van der Waals surface area contributed by atoms with Crippen LogP contribution in [-0.4, -0.2) is 74.5 Å². The lowest BCUT2D eigenvalue weighted by atomic mass is 9.89. The fraction of sp³-hybridized carbons (Fsp3) is 0.882. The minimum atomic E-state index is -0.402. The van der Waals surface area contributed by atoms with E-state index in [4.69, 9.17) is 24.5 Å². The van der Waals surface area contributed by atoms with Crippen LogP contribution in [0.15, 0.2) is 9.59 Å². The molecule has 0 saturated carbocycles. The number of carbonyl (C=O) groups is 2. The number of unbranched alkanes of at least 4 members (excludes halogenated alkanes) is 19. The summed E-state index contributed by atoms with van der Waals surface area (Å²) in [5.74, 6) is 1.82. The van der Waals surface area contributed by atoms with Crippen LogP contribution in [0.4, 0.5) is 11.4 Å². The standard InChI is InChI=1S/C49H95N3O3.2CH2O2/c1-6-10-13-16-20-25-33-44(9-4)37-30-42-55-43-32-41-52(40-31-38-51-47-46(50-5)48(53)49(47)54)39-29-24-19-23-28-36-45(34-26-21-17-14-11-7-2)35-27-22-18-15-12-8-3;2*2-1-3/h44-45,50-51H,6-43H2,1-5H3;2*1H,(H,2,3). The molecule has 0 spiro atoms. The Hall–Kier alpha value is -2.46. The Bertz CT molecular complexity index is 1100. The van der Waals surface area contributed by atoms with E-state index in [-0.39, 0.29) is 18.4 Å². The fourth-order valence-corrected chi connectivity index (χ4v) is 8.54. The lowest BCUT2D eigenvalue weighted by molar-refractivity contribution is -0.123. The van der Waals surface area contributed by atoms with E-state index in [1.54, 1.807) is 7.05 Å². The molecule has 0 fully saturated rings. The largest absolute Gasteiger partial charge is 0.483 e. The molecule has 4 N–H and O–H groups in total.